The van der Waals surface area contributed by atoms with Crippen LogP contribution in [0.4, 0.5) is 5.95 Å². The van der Waals surface area contributed by atoms with Gasteiger partial charge in [-0.3, -0.25) is 4.79 Å². The molecule has 1 unspecified atom stereocenters. The minimum Gasteiger partial charge on any atom is -0.341 e. The third-order valence-corrected chi connectivity index (χ3v) is 5.33. The average Bonchev–Trinajstić information content (AvgIpc) is 2.67. The zero-order chi connectivity index (χ0) is 17.9. The van der Waals surface area contributed by atoms with Crippen molar-refractivity contribution < 1.29 is 4.79 Å². The molecule has 2 aliphatic rings. The molecule has 1 fully saturated rings. The molecule has 4 nitrogen and oxygen atoms in total. The molecule has 1 aliphatic carbocycles. The number of aryl methyl sites for hydroxylation is 1. The van der Waals surface area contributed by atoms with Crippen LogP contribution in [0.5, 0.6) is 0 Å². The van der Waals surface area contributed by atoms with E-state index in [2.05, 4.69) is 34.2 Å². The van der Waals surface area contributed by atoms with Crippen molar-refractivity contribution in [2.75, 3.05) is 18.0 Å². The molecule has 26 heavy (non-hydrogen) atoms. The van der Waals surface area contributed by atoms with Gasteiger partial charge in [-0.2, -0.15) is 0 Å². The predicted octanol–water partition coefficient (Wildman–Crippen LogP) is 4.23. The molecule has 1 aromatic heterocycles. The fourth-order valence-electron chi connectivity index (χ4n) is 3.97. The number of fused-ring (bicyclic) bond motifs is 1. The third-order valence-electron chi connectivity index (χ3n) is 5.33. The highest BCUT2D eigenvalue weighted by Gasteiger charge is 2.28. The van der Waals surface area contributed by atoms with Gasteiger partial charge >= 0.3 is 0 Å². The van der Waals surface area contributed by atoms with E-state index in [0.717, 1.165) is 42.4 Å². The highest BCUT2D eigenvalue weighted by molar-refractivity contribution is 5.99. The van der Waals surface area contributed by atoms with Crippen LogP contribution >= 0.6 is 0 Å². The largest absolute Gasteiger partial charge is 0.341 e. The van der Waals surface area contributed by atoms with E-state index in [9.17, 15) is 4.79 Å². The molecule has 4 rings (SSSR count). The van der Waals surface area contributed by atoms with Crippen LogP contribution < -0.4 is 4.90 Å². The number of hydrogen-bond acceptors (Lipinski definition) is 4. The molecule has 1 saturated heterocycles. The Hall–Kier alpha value is -2.49. The zero-order valence-electron chi connectivity index (χ0n) is 15.3. The van der Waals surface area contributed by atoms with E-state index in [4.69, 9.17) is 4.98 Å². The van der Waals surface area contributed by atoms with Crippen LogP contribution in [0, 0.1) is 12.8 Å². The monoisotopic (exact) mass is 347 g/mol. The van der Waals surface area contributed by atoms with E-state index >= 15 is 0 Å². The van der Waals surface area contributed by atoms with Gasteiger partial charge in [0, 0.05) is 19.5 Å². The Balaban J connectivity index is 1.59. The maximum Gasteiger partial charge on any atom is 0.225 e. The van der Waals surface area contributed by atoms with Gasteiger partial charge in [-0.25, -0.2) is 9.97 Å². The first-order valence-electron chi connectivity index (χ1n) is 9.59. The van der Waals surface area contributed by atoms with Crippen LogP contribution in [0.1, 0.15) is 53.0 Å². The molecule has 0 radical (unpaired) electrons. The molecule has 0 N–H and O–H groups in total. The van der Waals surface area contributed by atoms with Gasteiger partial charge in [0.1, 0.15) is 0 Å². The summed E-state index contributed by atoms with van der Waals surface area (Å²) in [4.78, 5) is 24.4. The molecular formula is C22H25N3O. The second-order valence-corrected chi connectivity index (χ2v) is 7.34. The summed E-state index contributed by atoms with van der Waals surface area (Å²) in [5, 5.41) is 0. The Morgan fingerprint density at radius 2 is 1.81 bits per heavy atom. The molecule has 0 spiro atoms. The highest BCUT2D eigenvalue weighted by Crippen LogP contribution is 2.29. The second kappa shape index (κ2) is 7.40. The van der Waals surface area contributed by atoms with E-state index in [1.807, 2.05) is 25.1 Å². The number of ketones is 1. The van der Waals surface area contributed by atoms with Gasteiger partial charge in [-0.1, -0.05) is 42.5 Å². The molecule has 1 aromatic carbocycles. The van der Waals surface area contributed by atoms with E-state index in [1.165, 1.54) is 24.8 Å². The van der Waals surface area contributed by atoms with Crippen molar-refractivity contribution in [3.8, 4) is 0 Å². The van der Waals surface area contributed by atoms with Crippen molar-refractivity contribution in [3.05, 3.63) is 58.9 Å². The lowest BCUT2D eigenvalue weighted by Gasteiger charge is -2.29. The quantitative estimate of drug-likeness (QED) is 0.833. The summed E-state index contributed by atoms with van der Waals surface area (Å²) in [5.41, 5.74) is 3.69. The van der Waals surface area contributed by atoms with Gasteiger partial charge < -0.3 is 4.90 Å². The SMILES string of the molecule is Cc1nc(N2CCCCC2)nc2c1C(=O)CC(C=Cc1ccccc1)C2. The van der Waals surface area contributed by atoms with E-state index in [0.29, 0.717) is 6.42 Å². The molecule has 0 bridgehead atoms. The summed E-state index contributed by atoms with van der Waals surface area (Å²) in [6.45, 7) is 3.99. The fourth-order valence-corrected chi connectivity index (χ4v) is 3.97. The number of carbonyl (C=O) groups excluding carboxylic acids is 1. The number of carbonyl (C=O) groups is 1. The third kappa shape index (κ3) is 3.55. The smallest absolute Gasteiger partial charge is 0.225 e. The lowest BCUT2D eigenvalue weighted by Crippen LogP contribution is -2.32. The van der Waals surface area contributed by atoms with Crippen LogP contribution in [0.2, 0.25) is 0 Å². The summed E-state index contributed by atoms with van der Waals surface area (Å²) in [5.74, 6) is 1.19. The molecule has 2 heterocycles. The van der Waals surface area contributed by atoms with Crippen LogP contribution in [0.3, 0.4) is 0 Å². The lowest BCUT2D eigenvalue weighted by molar-refractivity contribution is 0.0956. The first-order valence-corrected chi connectivity index (χ1v) is 9.59. The molecule has 1 aliphatic heterocycles. The van der Waals surface area contributed by atoms with Crippen molar-refractivity contribution in [1.82, 2.24) is 9.97 Å². The number of Topliss-reactive ketones (excluding diaryl/α,β-unsaturated/α-hetero) is 1. The molecular weight excluding hydrogens is 322 g/mol. The van der Waals surface area contributed by atoms with E-state index in [-0.39, 0.29) is 11.7 Å². The Bertz CT molecular complexity index is 823. The molecule has 4 heteroatoms. The van der Waals surface area contributed by atoms with Crippen molar-refractivity contribution >= 4 is 17.8 Å². The van der Waals surface area contributed by atoms with Crippen LogP contribution in [-0.4, -0.2) is 28.8 Å². The molecule has 0 saturated carbocycles. The normalized spacial score (nSPS) is 20.4. The van der Waals surface area contributed by atoms with Crippen molar-refractivity contribution in [2.45, 2.75) is 39.0 Å². The number of rotatable bonds is 3. The minimum absolute atomic E-state index is 0.177. The maximum atomic E-state index is 12.7. The number of piperidine rings is 1. The highest BCUT2D eigenvalue weighted by atomic mass is 16.1. The first kappa shape index (κ1) is 17.0. The maximum absolute atomic E-state index is 12.7. The Kier molecular flexibility index (Phi) is 4.83. The molecule has 0 amide bonds. The van der Waals surface area contributed by atoms with Crippen LogP contribution in [0.15, 0.2) is 36.4 Å². The standard InChI is InChI=1S/C22H25N3O/c1-16-21-19(24-22(23-16)25-12-6-3-7-13-25)14-18(15-20(21)26)11-10-17-8-4-2-5-9-17/h2,4-5,8-11,18H,3,6-7,12-15H2,1H3. The number of nitrogens with zero attached hydrogens (tertiary/aromatic N) is 3. The minimum atomic E-state index is 0.177. The summed E-state index contributed by atoms with van der Waals surface area (Å²) in [6, 6.07) is 10.2. The molecule has 1 atom stereocenters. The summed E-state index contributed by atoms with van der Waals surface area (Å²) in [7, 11) is 0. The Morgan fingerprint density at radius 3 is 2.58 bits per heavy atom. The van der Waals surface area contributed by atoms with Gasteiger partial charge in [-0.15, -0.1) is 0 Å². The number of benzene rings is 1. The van der Waals surface area contributed by atoms with Gasteiger partial charge in [-0.05, 0) is 44.1 Å². The number of hydrogen-bond donors (Lipinski definition) is 0. The number of allylic oxidation sites excluding steroid dienone is 1. The van der Waals surface area contributed by atoms with Crippen molar-refractivity contribution in [2.24, 2.45) is 5.92 Å². The Labute approximate surface area is 155 Å². The van der Waals surface area contributed by atoms with Crippen LogP contribution in [-0.2, 0) is 6.42 Å². The van der Waals surface area contributed by atoms with Crippen LogP contribution in [0.25, 0.3) is 6.08 Å². The van der Waals surface area contributed by atoms with Gasteiger partial charge in [0.25, 0.3) is 0 Å². The Morgan fingerprint density at radius 1 is 1.04 bits per heavy atom. The molecule has 2 aromatic rings. The number of anilines is 1. The zero-order valence-corrected chi connectivity index (χ0v) is 15.3. The molecule has 134 valence electrons. The first-order chi connectivity index (χ1) is 12.7. The fraction of sp³-hybridized carbons (Fsp3) is 0.409. The average molecular weight is 347 g/mol. The van der Waals surface area contributed by atoms with Gasteiger partial charge in [0.15, 0.2) is 5.78 Å². The van der Waals surface area contributed by atoms with Crippen molar-refractivity contribution in [1.29, 1.82) is 0 Å². The topological polar surface area (TPSA) is 46.1 Å². The predicted molar refractivity (Wildman–Crippen MR) is 104 cm³/mol. The van der Waals surface area contributed by atoms with E-state index in [1.54, 1.807) is 0 Å². The second-order valence-electron chi connectivity index (χ2n) is 7.34. The lowest BCUT2D eigenvalue weighted by atomic mass is 9.85. The van der Waals surface area contributed by atoms with Crippen molar-refractivity contribution in [3.63, 3.8) is 0 Å². The summed E-state index contributed by atoms with van der Waals surface area (Å²) < 4.78 is 0. The van der Waals surface area contributed by atoms with E-state index < -0.39 is 0 Å². The van der Waals surface area contributed by atoms with Gasteiger partial charge in [0.2, 0.25) is 5.95 Å². The summed E-state index contributed by atoms with van der Waals surface area (Å²) in [6.07, 6.45) is 9.31. The summed E-state index contributed by atoms with van der Waals surface area (Å²) >= 11 is 0. The van der Waals surface area contributed by atoms with Gasteiger partial charge in [0.05, 0.1) is 17.0 Å². The number of aromatic nitrogens is 2.